The van der Waals surface area contributed by atoms with E-state index < -0.39 is 0 Å². The first-order valence-corrected chi connectivity index (χ1v) is 5.95. The number of amides is 1. The van der Waals surface area contributed by atoms with Gasteiger partial charge in [-0.15, -0.1) is 12.4 Å². The zero-order chi connectivity index (χ0) is 12.4. The number of anilines is 1. The second kappa shape index (κ2) is 6.04. The van der Waals surface area contributed by atoms with E-state index in [2.05, 4.69) is 10.1 Å². The molecule has 1 fully saturated rings. The summed E-state index contributed by atoms with van der Waals surface area (Å²) in [4.78, 5) is 17.4. The Morgan fingerprint density at radius 2 is 2.06 bits per heavy atom. The van der Waals surface area contributed by atoms with Crippen molar-refractivity contribution in [1.82, 2.24) is 10.1 Å². The minimum Gasteiger partial charge on any atom is -0.369 e. The van der Waals surface area contributed by atoms with Crippen molar-refractivity contribution in [2.24, 2.45) is 11.7 Å². The number of hydrogen-bond acceptors (Lipinski definition) is 5. The molecule has 7 heteroatoms. The summed E-state index contributed by atoms with van der Waals surface area (Å²) in [7, 11) is 0. The van der Waals surface area contributed by atoms with Gasteiger partial charge in [0.1, 0.15) is 0 Å². The molecule has 0 aliphatic carbocycles. The number of nitrogens with two attached hydrogens (primary N) is 1. The number of halogens is 1. The second-order valence-corrected chi connectivity index (χ2v) is 4.75. The fourth-order valence-electron chi connectivity index (χ4n) is 1.94. The molecule has 18 heavy (non-hydrogen) atoms. The lowest BCUT2D eigenvalue weighted by molar-refractivity contribution is -0.122. The van der Waals surface area contributed by atoms with Crippen molar-refractivity contribution in [3.63, 3.8) is 0 Å². The number of carbonyl (C=O) groups is 1. The maximum atomic E-state index is 11.0. The van der Waals surface area contributed by atoms with Gasteiger partial charge in [0.25, 0.3) is 0 Å². The molecule has 0 saturated carbocycles. The van der Waals surface area contributed by atoms with Gasteiger partial charge in [-0.05, 0) is 12.8 Å². The van der Waals surface area contributed by atoms with Crippen molar-refractivity contribution in [3.8, 4) is 0 Å². The summed E-state index contributed by atoms with van der Waals surface area (Å²) >= 11 is 0. The van der Waals surface area contributed by atoms with Crippen molar-refractivity contribution >= 4 is 24.3 Å². The molecule has 0 atom stereocenters. The Kier molecular flexibility index (Phi) is 4.95. The van der Waals surface area contributed by atoms with Crippen molar-refractivity contribution in [3.05, 3.63) is 5.82 Å². The van der Waals surface area contributed by atoms with Crippen molar-refractivity contribution < 1.29 is 9.32 Å². The number of carbonyl (C=O) groups excluding carboxylic acids is 1. The molecule has 1 saturated heterocycles. The number of nitrogens with zero attached hydrogens (tertiary/aromatic N) is 3. The largest absolute Gasteiger partial charge is 0.369 e. The van der Waals surface area contributed by atoms with Gasteiger partial charge in [-0.25, -0.2) is 0 Å². The molecular weight excluding hydrogens is 256 g/mol. The van der Waals surface area contributed by atoms with Crippen molar-refractivity contribution in [2.45, 2.75) is 32.6 Å². The Bertz CT molecular complexity index is 400. The van der Waals surface area contributed by atoms with Crippen LogP contribution in [0.1, 0.15) is 38.4 Å². The molecule has 2 rings (SSSR count). The molecule has 1 amide bonds. The number of primary amides is 1. The Morgan fingerprint density at radius 3 is 2.50 bits per heavy atom. The fourth-order valence-corrected chi connectivity index (χ4v) is 1.94. The van der Waals surface area contributed by atoms with Crippen LogP contribution in [0.2, 0.25) is 0 Å². The molecule has 0 unspecified atom stereocenters. The normalized spacial score (nSPS) is 16.7. The topological polar surface area (TPSA) is 85.3 Å². The minimum absolute atomic E-state index is 0. The summed E-state index contributed by atoms with van der Waals surface area (Å²) in [6.07, 6.45) is 1.52. The summed E-state index contributed by atoms with van der Waals surface area (Å²) in [6.45, 7) is 5.53. The molecular formula is C11H19ClN4O2. The van der Waals surface area contributed by atoms with Gasteiger partial charge < -0.3 is 15.2 Å². The molecule has 0 radical (unpaired) electrons. The third-order valence-electron chi connectivity index (χ3n) is 3.12. The van der Waals surface area contributed by atoms with Crippen LogP contribution >= 0.6 is 12.4 Å². The zero-order valence-electron chi connectivity index (χ0n) is 10.6. The average Bonchev–Trinajstić information content (AvgIpc) is 2.78. The Morgan fingerprint density at radius 1 is 1.44 bits per heavy atom. The smallest absolute Gasteiger partial charge is 0.324 e. The predicted octanol–water partition coefficient (Wildman–Crippen LogP) is 1.32. The first-order valence-electron chi connectivity index (χ1n) is 5.95. The summed E-state index contributed by atoms with van der Waals surface area (Å²) in [5.41, 5.74) is 5.29. The maximum absolute atomic E-state index is 11.0. The highest BCUT2D eigenvalue weighted by Gasteiger charge is 2.26. The molecule has 2 N–H and O–H groups in total. The van der Waals surface area contributed by atoms with Gasteiger partial charge in [0.15, 0.2) is 5.82 Å². The van der Waals surface area contributed by atoms with Gasteiger partial charge in [-0.3, -0.25) is 4.79 Å². The summed E-state index contributed by atoms with van der Waals surface area (Å²) < 4.78 is 5.21. The van der Waals surface area contributed by atoms with Gasteiger partial charge in [0.05, 0.1) is 0 Å². The molecule has 0 aromatic carbocycles. The van der Waals surface area contributed by atoms with E-state index in [0.29, 0.717) is 6.01 Å². The number of hydrogen-bond donors (Lipinski definition) is 1. The Balaban J connectivity index is 0.00000162. The number of piperidine rings is 1. The highest BCUT2D eigenvalue weighted by atomic mass is 35.5. The molecule has 1 aromatic heterocycles. The molecule has 0 bridgehead atoms. The molecule has 2 heterocycles. The van der Waals surface area contributed by atoms with E-state index in [1.165, 1.54) is 0 Å². The third-order valence-corrected chi connectivity index (χ3v) is 3.12. The molecule has 1 aliphatic rings. The van der Waals surface area contributed by atoms with E-state index in [-0.39, 0.29) is 30.2 Å². The standard InChI is InChI=1S/C11H18N4O2.ClH/c1-7(2)10-13-11(17-14-10)15-5-3-8(4-6-15)9(12)16;/h7-8H,3-6H2,1-2H3,(H2,12,16);1H. The van der Waals surface area contributed by atoms with Crippen molar-refractivity contribution in [2.75, 3.05) is 18.0 Å². The van der Waals surface area contributed by atoms with Gasteiger partial charge in [0.2, 0.25) is 5.91 Å². The molecule has 1 aromatic rings. The van der Waals surface area contributed by atoms with Gasteiger partial charge in [0, 0.05) is 24.9 Å². The van der Waals surface area contributed by atoms with Crippen LogP contribution in [0, 0.1) is 5.92 Å². The van der Waals surface area contributed by atoms with Crippen LogP contribution in [-0.4, -0.2) is 29.1 Å². The zero-order valence-corrected chi connectivity index (χ0v) is 11.4. The lowest BCUT2D eigenvalue weighted by Gasteiger charge is -2.28. The van der Waals surface area contributed by atoms with Crippen LogP contribution in [0.3, 0.4) is 0 Å². The number of rotatable bonds is 3. The molecule has 102 valence electrons. The Hall–Kier alpha value is -1.30. The minimum atomic E-state index is -0.210. The van der Waals surface area contributed by atoms with E-state index in [9.17, 15) is 4.79 Å². The van der Waals surface area contributed by atoms with Gasteiger partial charge >= 0.3 is 6.01 Å². The monoisotopic (exact) mass is 274 g/mol. The van der Waals surface area contributed by atoms with Crippen LogP contribution in [0.15, 0.2) is 4.52 Å². The first kappa shape index (κ1) is 14.8. The third kappa shape index (κ3) is 3.13. The quantitative estimate of drug-likeness (QED) is 0.898. The number of aromatic nitrogens is 2. The summed E-state index contributed by atoms with van der Waals surface area (Å²) in [5.74, 6) is 0.754. The van der Waals surface area contributed by atoms with E-state index in [4.69, 9.17) is 10.3 Å². The molecule has 6 nitrogen and oxygen atoms in total. The van der Waals surface area contributed by atoms with Gasteiger partial charge in [-0.2, -0.15) is 4.98 Å². The Labute approximate surface area is 112 Å². The molecule has 1 aliphatic heterocycles. The summed E-state index contributed by atoms with van der Waals surface area (Å²) in [6, 6.07) is 0.552. The average molecular weight is 275 g/mol. The fraction of sp³-hybridized carbons (Fsp3) is 0.727. The SMILES string of the molecule is CC(C)c1noc(N2CCC(C(N)=O)CC2)n1.Cl. The van der Waals surface area contributed by atoms with Crippen LogP contribution < -0.4 is 10.6 Å². The highest BCUT2D eigenvalue weighted by Crippen LogP contribution is 2.23. The lowest BCUT2D eigenvalue weighted by Crippen LogP contribution is -2.38. The van der Waals surface area contributed by atoms with Crippen LogP contribution in [0.4, 0.5) is 6.01 Å². The van der Waals surface area contributed by atoms with E-state index in [0.717, 1.165) is 31.8 Å². The van der Waals surface area contributed by atoms with Crippen LogP contribution in [0.5, 0.6) is 0 Å². The van der Waals surface area contributed by atoms with Crippen LogP contribution in [0.25, 0.3) is 0 Å². The predicted molar refractivity (Wildman–Crippen MR) is 69.8 cm³/mol. The van der Waals surface area contributed by atoms with E-state index >= 15 is 0 Å². The second-order valence-electron chi connectivity index (χ2n) is 4.75. The highest BCUT2D eigenvalue weighted by molar-refractivity contribution is 5.85. The lowest BCUT2D eigenvalue weighted by atomic mass is 9.97. The van der Waals surface area contributed by atoms with E-state index in [1.807, 2.05) is 18.7 Å². The summed E-state index contributed by atoms with van der Waals surface area (Å²) in [5, 5.41) is 3.93. The molecule has 0 spiro atoms. The van der Waals surface area contributed by atoms with Gasteiger partial charge in [-0.1, -0.05) is 19.0 Å². The van der Waals surface area contributed by atoms with Crippen LogP contribution in [-0.2, 0) is 4.79 Å². The first-order chi connectivity index (χ1) is 8.08. The van der Waals surface area contributed by atoms with E-state index in [1.54, 1.807) is 0 Å². The van der Waals surface area contributed by atoms with Crippen molar-refractivity contribution in [1.29, 1.82) is 0 Å². The maximum Gasteiger partial charge on any atom is 0.324 e.